The van der Waals surface area contributed by atoms with Gasteiger partial charge >= 0.3 is 12.5 Å². The highest BCUT2D eigenvalue weighted by Gasteiger charge is 2.33. The van der Waals surface area contributed by atoms with E-state index in [1.54, 1.807) is 83.4 Å². The molecule has 0 aliphatic carbocycles. The van der Waals surface area contributed by atoms with Crippen LogP contribution in [0.2, 0.25) is 0 Å². The van der Waals surface area contributed by atoms with Crippen molar-refractivity contribution in [3.63, 3.8) is 0 Å². The lowest BCUT2D eigenvalue weighted by atomic mass is 10.1. The van der Waals surface area contributed by atoms with Gasteiger partial charge in [0.05, 0.1) is 25.2 Å². The fraction of sp³-hybridized carbons (Fsp3) is 0.484. The van der Waals surface area contributed by atoms with E-state index in [1.807, 2.05) is 100 Å². The molecule has 34 nitrogen and oxygen atoms in total. The first-order valence-corrected chi connectivity index (χ1v) is 48.0. The molecule has 5 atom stereocenters. The van der Waals surface area contributed by atoms with Crippen LogP contribution in [0.25, 0.3) is 0 Å². The second kappa shape index (κ2) is 54.3. The van der Waals surface area contributed by atoms with Crippen LogP contribution < -0.4 is 56.7 Å². The van der Waals surface area contributed by atoms with Crippen LogP contribution in [0.1, 0.15) is 230 Å². The summed E-state index contributed by atoms with van der Waals surface area (Å²) in [5, 5.41) is 24.5. The molecule has 2 amide bonds. The van der Waals surface area contributed by atoms with Gasteiger partial charge in [-0.3, -0.25) is 9.59 Å². The number of likely N-dealkylation sites (tertiary alicyclic amines) is 1. The first-order valence-electron chi connectivity index (χ1n) is 44.3. The van der Waals surface area contributed by atoms with E-state index in [2.05, 4.69) is 191 Å². The number of rotatable bonds is 32. The normalized spacial score (nSPS) is 14.4. The van der Waals surface area contributed by atoms with E-state index >= 15 is 0 Å². The smallest absolute Gasteiger partial charge is 0.497 e. The summed E-state index contributed by atoms with van der Waals surface area (Å²) in [4.78, 5) is 84.4. The molecule has 2 unspecified atom stereocenters. The predicted molar refractivity (Wildman–Crippen MR) is 516 cm³/mol. The summed E-state index contributed by atoms with van der Waals surface area (Å²) in [6.07, 6.45) is 6.57. The minimum Gasteiger partial charge on any atom is -0.497 e. The van der Waals surface area contributed by atoms with Gasteiger partial charge in [-0.15, -0.1) is 13.2 Å². The largest absolute Gasteiger partial charge is 0.573 e. The number of hydrogen-bond donors (Lipinski definition) is 9. The molecule has 0 bridgehead atoms. The number of hydrogen-bond acceptors (Lipinski definition) is 30. The highest BCUT2D eigenvalue weighted by Crippen LogP contribution is 2.32. The second-order valence-electron chi connectivity index (χ2n) is 34.0. The quantitative estimate of drug-likeness (QED) is 0.0177. The number of ether oxygens (including phenoxy) is 3. The average Bonchev–Trinajstić information content (AvgIpc) is 1.84. The van der Waals surface area contributed by atoms with Crippen molar-refractivity contribution >= 4 is 84.9 Å². The number of anilines is 9. The third-order valence-corrected chi connectivity index (χ3v) is 22.0. The molecule has 135 heavy (non-hydrogen) atoms. The number of carbonyl (C=O) groups excluding carboxylic acids is 2. The van der Waals surface area contributed by atoms with E-state index in [9.17, 15) is 52.8 Å². The Morgan fingerprint density at radius 3 is 1.19 bits per heavy atom. The topological polar surface area (TPSA) is 425 Å². The Bertz CT molecular complexity index is 5510. The highest BCUT2D eigenvalue weighted by atomic mass is 32.2. The van der Waals surface area contributed by atoms with Gasteiger partial charge in [0.2, 0.25) is 73.5 Å². The number of nitrogens with zero attached hydrogens (tertiary/aromatic N) is 16. The highest BCUT2D eigenvalue weighted by molar-refractivity contribution is 7.88. The Hall–Kier alpha value is -12.3. The van der Waals surface area contributed by atoms with Crippen molar-refractivity contribution in [1.82, 2.24) is 89.0 Å². The molecule has 2 fully saturated rings. The van der Waals surface area contributed by atoms with Gasteiger partial charge in [-0.25, -0.2) is 95.6 Å². The van der Waals surface area contributed by atoms with Crippen molar-refractivity contribution in [3.8, 4) is 11.5 Å². The van der Waals surface area contributed by atoms with E-state index in [0.29, 0.717) is 115 Å². The zero-order valence-electron chi connectivity index (χ0n) is 80.7. The molecule has 9 N–H and O–H groups in total. The maximum Gasteiger partial charge on any atom is 0.573 e. The van der Waals surface area contributed by atoms with Crippen molar-refractivity contribution < 1.29 is 67.0 Å². The van der Waals surface area contributed by atoms with Crippen molar-refractivity contribution in [2.75, 3.05) is 103 Å². The van der Waals surface area contributed by atoms with E-state index in [-0.39, 0.29) is 53.6 Å². The van der Waals surface area contributed by atoms with Crippen molar-refractivity contribution in [2.45, 2.75) is 228 Å². The monoisotopic (exact) mass is 1920 g/mol. The van der Waals surface area contributed by atoms with Crippen LogP contribution >= 0.6 is 0 Å². The number of amides is 2. The average molecular weight is 1920 g/mol. The number of sulfonamides is 2. The number of aromatic nitrogens is 14. The number of halogens is 6. The fourth-order valence-corrected chi connectivity index (χ4v) is 13.9. The van der Waals surface area contributed by atoms with Gasteiger partial charge in [0.15, 0.2) is 0 Å². The lowest BCUT2D eigenvalue weighted by Gasteiger charge is -2.17. The zero-order chi connectivity index (χ0) is 99.9. The Morgan fingerprint density at radius 1 is 0.444 bits per heavy atom. The maximum atomic E-state index is 12.4. The van der Waals surface area contributed by atoms with Crippen LogP contribution in [0.15, 0.2) is 159 Å². The van der Waals surface area contributed by atoms with Crippen LogP contribution in [0.4, 0.5) is 79.4 Å². The van der Waals surface area contributed by atoms with Crippen LogP contribution in [0.3, 0.4) is 0 Å². The van der Waals surface area contributed by atoms with E-state index < -0.39 is 44.3 Å². The Morgan fingerprint density at radius 2 is 0.822 bits per heavy atom. The lowest BCUT2D eigenvalue weighted by molar-refractivity contribution is -0.274. The third-order valence-electron chi connectivity index (χ3n) is 19.9. The summed E-state index contributed by atoms with van der Waals surface area (Å²) in [7, 11) is -3.10. The van der Waals surface area contributed by atoms with Crippen molar-refractivity contribution in [2.24, 2.45) is 0 Å². The number of benzene rings is 3. The van der Waals surface area contributed by atoms with Gasteiger partial charge < -0.3 is 61.6 Å². The molecule has 2 aliphatic heterocycles. The molecule has 12 rings (SSSR count). The molecular weight excluding hydrogens is 1790 g/mol. The number of nitrogens with one attached hydrogen (secondary N) is 9. The minimum absolute atomic E-state index is 0.0357. The fourth-order valence-electron chi connectivity index (χ4n) is 12.2. The standard InChI is InChI=1S/C15H19N3O.C14H14F3N3O.C14H14F3N3.C14H24N4O2.C13H20N4O.C12H20N4O2S.C11H20N4O2S/c1-11(2)14-8-9-16-15(18-14)17-10-12-4-6-13(19-3)7-5-12;1-9(2)12-6-7-18-13(20-12)19-10-4-3-5-11(8-10)21-14(15,16)17;1-9(2)12-7-8-18-13(20-12)19-11-5-3-10(4-6-11)14(15,16)17;1-9(2)12-6-7-15-14(18-12)16-8-10(3)17-13(19)11(4)20-5;1-9(2)12-4-6-14-13(16-12)15-11-5-7-17(8-11)10(3)18;1-9(2)11-4-6-13-12(15-11)14-10-5-7-16(8-10)19(3,17)18;1-8(2)10-5-6-12-11(14-10)13-7-9(3)15-18(4,16)17/h4-9,11H,10H2,1-3H3,(H,16,17,18);3-9H,1-2H3,(H,18,19,20);3-9H,1-2H3,(H,18,19,20);6-7,9-11H,8H2,1-5H3,(H,17,19)(H,15,16,18);4,6,9,11H,5,7-8H2,1-3H3,(H,14,15,16);4,6,9-10H,5,7-8H2,1-3H3,(H,13,14,15);5-6,8-9,15H,7H2,1-4H3,(H,12,13,14)/t;;;10-,11+;;;9-/m...1..1/s1. The molecule has 7 aromatic heterocycles. The summed E-state index contributed by atoms with van der Waals surface area (Å²) in [5.74, 6) is 6.60. The molecule has 3 aromatic carbocycles. The first-order chi connectivity index (χ1) is 63.5. The Balaban J connectivity index is 0.000000242. The van der Waals surface area contributed by atoms with Gasteiger partial charge in [0, 0.05) is 185 Å². The SMILES string of the molecule is CC(=O)N1CCC(Nc2nccc(C(C)C)n2)C1.CC(C)c1ccnc(NC2CCN(S(C)(=O)=O)C2)n1.CC(C)c1ccnc(NC[C@@H](C)NS(C)(=O)=O)n1.CC(C)c1ccnc(Nc2ccc(C(F)(F)F)cc2)n1.CC(C)c1ccnc(Nc2cccc(OC(F)(F)F)c2)n1.CO[C@@H](C)C(=O)N[C@H](C)CNc1nccc(C(C)C)n1.COc1ccc(CNc2nccc(C(C)C)n2)cc1. The molecule has 0 spiro atoms. The molecule has 0 radical (unpaired) electrons. The molecule has 42 heteroatoms. The van der Waals surface area contributed by atoms with Crippen LogP contribution in [-0.2, 0) is 47.1 Å². The third kappa shape index (κ3) is 42.5. The predicted octanol–water partition coefficient (Wildman–Crippen LogP) is 17.0. The number of methoxy groups -OCH3 is 2. The van der Waals surface area contributed by atoms with Crippen LogP contribution in [0.5, 0.6) is 11.5 Å². The van der Waals surface area contributed by atoms with E-state index in [4.69, 9.17) is 9.47 Å². The van der Waals surface area contributed by atoms with Gasteiger partial charge in [-0.05, 0) is 172 Å². The van der Waals surface area contributed by atoms with E-state index in [1.165, 1.54) is 53.6 Å². The van der Waals surface area contributed by atoms with Gasteiger partial charge in [-0.1, -0.05) is 115 Å². The molecule has 2 aliphatic rings. The molecule has 2 saturated heterocycles. The van der Waals surface area contributed by atoms with Gasteiger partial charge in [0.25, 0.3) is 0 Å². The number of carbonyl (C=O) groups is 2. The summed E-state index contributed by atoms with van der Waals surface area (Å²) in [5.41, 5.74) is 8.14. The van der Waals surface area contributed by atoms with Gasteiger partial charge in [-0.2, -0.15) is 13.2 Å². The summed E-state index contributed by atoms with van der Waals surface area (Å²) >= 11 is 0. The van der Waals surface area contributed by atoms with Crippen LogP contribution in [-0.4, -0.2) is 210 Å². The number of alkyl halides is 6. The first kappa shape index (κ1) is 111. The molecular formula is C93H131F6N25O9S2. The Kier molecular flexibility index (Phi) is 44.8. The lowest BCUT2D eigenvalue weighted by Crippen LogP contribution is -2.42. The van der Waals surface area contributed by atoms with E-state index in [0.717, 1.165) is 89.9 Å². The van der Waals surface area contributed by atoms with Crippen molar-refractivity contribution in [1.29, 1.82) is 0 Å². The summed E-state index contributed by atoms with van der Waals surface area (Å²) < 4.78 is 137. The second-order valence-corrected chi connectivity index (χ2v) is 37.8. The zero-order valence-corrected chi connectivity index (χ0v) is 82.4. The molecule has 9 heterocycles. The van der Waals surface area contributed by atoms with Gasteiger partial charge in [0.1, 0.15) is 17.6 Å². The Labute approximate surface area is 789 Å². The molecule has 0 saturated carbocycles. The summed E-state index contributed by atoms with van der Waals surface area (Å²) in [6, 6.07) is 31.5. The minimum atomic E-state index is -4.72. The molecule has 10 aromatic rings. The maximum absolute atomic E-state index is 12.4. The van der Waals surface area contributed by atoms with Crippen LogP contribution in [0, 0.1) is 0 Å². The summed E-state index contributed by atoms with van der Waals surface area (Å²) in [6.45, 7) is 40.2. The van der Waals surface area contributed by atoms with Crippen molar-refractivity contribution in [3.05, 3.63) is 210 Å². The molecule has 736 valence electrons.